The monoisotopic (exact) mass is 485 g/mol. The molecule has 2 rings (SSSR count). The van der Waals surface area contributed by atoms with Crippen molar-refractivity contribution in [2.45, 2.75) is 27.2 Å². The van der Waals surface area contributed by atoms with Gasteiger partial charge in [0, 0.05) is 0 Å². The number of aryl methyl sites for hydroxylation is 1. The Kier molecular flexibility index (Phi) is 6.72. The maximum absolute atomic E-state index is 10.7. The number of hydrogen-bond donors (Lipinski definition) is 0. The molecular weight excluding hydrogens is 464 g/mol. The molecule has 0 bridgehead atoms. The molecule has 2 aromatic carbocycles. The van der Waals surface area contributed by atoms with Gasteiger partial charge >= 0.3 is 155 Å². The number of hydrogen-bond acceptors (Lipinski definition) is 0. The van der Waals surface area contributed by atoms with Gasteiger partial charge in [-0.15, -0.1) is 0 Å². The van der Waals surface area contributed by atoms with Crippen molar-refractivity contribution in [3.63, 3.8) is 0 Å². The molecule has 0 saturated heterocycles. The van der Waals surface area contributed by atoms with Crippen molar-refractivity contribution in [3.8, 4) is 0 Å². The predicted octanol–water partition coefficient (Wildman–Crippen LogP) is 5.96. The van der Waals surface area contributed by atoms with Crippen molar-refractivity contribution in [1.82, 2.24) is 0 Å². The maximum atomic E-state index is 9.87. The Balaban J connectivity index is 0.000000381. The average molecular weight is 485 g/mol. The zero-order valence-corrected chi connectivity index (χ0v) is 19.3. The van der Waals surface area contributed by atoms with Crippen LogP contribution in [0.4, 0.5) is 25.2 Å². The van der Waals surface area contributed by atoms with Crippen LogP contribution in [0.5, 0.6) is 0 Å². The summed E-state index contributed by atoms with van der Waals surface area (Å²) in [6.07, 6.45) is 1.19. The molecule has 0 saturated carbocycles. The molecule has 8 heteroatoms. The molecule has 0 fully saturated rings. The molecular formula is C17H21F6InP-. The van der Waals surface area contributed by atoms with Crippen LogP contribution in [0.3, 0.4) is 0 Å². The van der Waals surface area contributed by atoms with Crippen molar-refractivity contribution in [2.75, 3.05) is 0 Å². The Labute approximate surface area is 155 Å². The summed E-state index contributed by atoms with van der Waals surface area (Å²) in [4.78, 5) is 0. The topological polar surface area (TPSA) is 0 Å². The number of benzene rings is 2. The van der Waals surface area contributed by atoms with E-state index < -0.39 is 30.7 Å². The molecule has 140 valence electrons. The molecule has 0 aromatic heterocycles. The quantitative estimate of drug-likeness (QED) is 0.371. The molecule has 0 aliphatic heterocycles. The SMILES string of the molecule is Cc1cc[c]([InH][c]2ccc(CC(C)C)cc2)cc1.F[P-](F)(F)(F)(F)F. The van der Waals surface area contributed by atoms with E-state index in [2.05, 4.69) is 69.3 Å². The first-order valence-corrected chi connectivity index (χ1v) is 13.8. The van der Waals surface area contributed by atoms with E-state index in [-0.39, 0.29) is 0 Å². The molecule has 0 nitrogen and oxygen atoms in total. The Hall–Kier alpha value is -0.680. The van der Waals surface area contributed by atoms with Crippen LogP contribution in [-0.2, 0) is 6.42 Å². The van der Waals surface area contributed by atoms with Crippen LogP contribution in [-0.4, -0.2) is 22.9 Å². The van der Waals surface area contributed by atoms with Gasteiger partial charge in [0.05, 0.1) is 0 Å². The zero-order valence-electron chi connectivity index (χ0n) is 14.3. The fourth-order valence-corrected chi connectivity index (χ4v) is 6.24. The Morgan fingerprint density at radius 1 is 0.760 bits per heavy atom. The fraction of sp³-hybridized carbons (Fsp3) is 0.294. The van der Waals surface area contributed by atoms with E-state index in [0.29, 0.717) is 0 Å². The second-order valence-corrected chi connectivity index (χ2v) is 14.1. The molecule has 0 aliphatic carbocycles. The van der Waals surface area contributed by atoms with Gasteiger partial charge in [-0.25, -0.2) is 0 Å². The third kappa shape index (κ3) is 14.2. The molecule has 0 amide bonds. The van der Waals surface area contributed by atoms with E-state index in [9.17, 15) is 25.2 Å². The predicted molar refractivity (Wildman–Crippen MR) is 96.1 cm³/mol. The summed E-state index contributed by atoms with van der Waals surface area (Å²) in [5, 5.41) is 0. The Morgan fingerprint density at radius 2 is 1.12 bits per heavy atom. The number of halogens is 6. The summed E-state index contributed by atoms with van der Waals surface area (Å²) in [5.41, 5.74) is 2.83. The molecule has 0 aliphatic rings. The van der Waals surface area contributed by atoms with E-state index >= 15 is 0 Å². The normalized spacial score (nSPS) is 14.2. The standard InChI is InChI=1S/C10H13.C7H7.F6P.In.H/c1-9(2)8-10-6-4-3-5-7-10;1-7-5-3-2-4-6-7;1-7(2,3,4,5)6;;/h4-7,9H,8H2,1-2H3;3-6H,1H3;;;/q;;-1;;. The summed E-state index contributed by atoms with van der Waals surface area (Å²) in [6.45, 7) is 6.71. The van der Waals surface area contributed by atoms with Crippen LogP contribution in [0.1, 0.15) is 25.0 Å². The van der Waals surface area contributed by atoms with Gasteiger partial charge in [0.2, 0.25) is 0 Å². The van der Waals surface area contributed by atoms with Gasteiger partial charge in [-0.1, -0.05) is 0 Å². The minimum atomic E-state index is -10.7. The van der Waals surface area contributed by atoms with Crippen molar-refractivity contribution in [2.24, 2.45) is 5.92 Å². The van der Waals surface area contributed by atoms with Gasteiger partial charge in [-0.05, 0) is 0 Å². The van der Waals surface area contributed by atoms with Crippen LogP contribution in [0.15, 0.2) is 48.5 Å². The van der Waals surface area contributed by atoms with Crippen LogP contribution in [0.2, 0.25) is 0 Å². The van der Waals surface area contributed by atoms with E-state index in [1.807, 2.05) is 0 Å². The Bertz CT molecular complexity index is 664. The second kappa shape index (κ2) is 7.51. The van der Waals surface area contributed by atoms with Gasteiger partial charge in [-0.2, -0.15) is 0 Å². The summed E-state index contributed by atoms with van der Waals surface area (Å²) in [6, 6.07) is 18.4. The van der Waals surface area contributed by atoms with Gasteiger partial charge in [-0.3, -0.25) is 0 Å². The van der Waals surface area contributed by atoms with Crippen LogP contribution < -0.4 is 6.64 Å². The summed E-state index contributed by atoms with van der Waals surface area (Å²) < 4.78 is 62.4. The third-order valence-corrected chi connectivity index (χ3v) is 8.22. The minimum absolute atomic E-state index is 0.747. The molecule has 0 spiro atoms. The van der Waals surface area contributed by atoms with Crippen LogP contribution >= 0.6 is 7.81 Å². The zero-order chi connectivity index (χ0) is 19.4. The first-order valence-electron chi connectivity index (χ1n) is 7.78. The van der Waals surface area contributed by atoms with E-state index in [1.165, 1.54) is 17.5 Å². The molecule has 0 heterocycles. The third-order valence-electron chi connectivity index (χ3n) is 3.20. The van der Waals surface area contributed by atoms with Crippen molar-refractivity contribution in [3.05, 3.63) is 59.7 Å². The Morgan fingerprint density at radius 3 is 1.48 bits per heavy atom. The van der Waals surface area contributed by atoms with E-state index in [4.69, 9.17) is 0 Å². The van der Waals surface area contributed by atoms with Crippen LogP contribution in [0.25, 0.3) is 0 Å². The van der Waals surface area contributed by atoms with Gasteiger partial charge in [0.1, 0.15) is 0 Å². The van der Waals surface area contributed by atoms with Gasteiger partial charge in [0.25, 0.3) is 0 Å². The molecule has 0 unspecified atom stereocenters. The second-order valence-electron chi connectivity index (χ2n) is 6.54. The molecule has 25 heavy (non-hydrogen) atoms. The van der Waals surface area contributed by atoms with Gasteiger partial charge < -0.3 is 0 Å². The van der Waals surface area contributed by atoms with Crippen molar-refractivity contribution in [1.29, 1.82) is 0 Å². The number of rotatable bonds is 4. The fourth-order valence-electron chi connectivity index (χ4n) is 2.21. The van der Waals surface area contributed by atoms with Gasteiger partial charge in [0.15, 0.2) is 0 Å². The van der Waals surface area contributed by atoms with E-state index in [1.54, 1.807) is 6.64 Å². The van der Waals surface area contributed by atoms with Crippen molar-refractivity contribution < 1.29 is 25.2 Å². The first kappa shape index (κ1) is 22.4. The molecule has 0 radical (unpaired) electrons. The molecule has 0 N–H and O–H groups in total. The van der Waals surface area contributed by atoms with Crippen molar-refractivity contribution >= 4 is 37.4 Å². The summed E-state index contributed by atoms with van der Waals surface area (Å²) >= 11 is -0.971. The molecule has 2 aromatic rings. The summed E-state index contributed by atoms with van der Waals surface area (Å²) in [5.74, 6) is 0.747. The van der Waals surface area contributed by atoms with Crippen LogP contribution in [0, 0.1) is 12.8 Å². The first-order chi connectivity index (χ1) is 11.1. The average Bonchev–Trinajstić information content (AvgIpc) is 2.39. The summed E-state index contributed by atoms with van der Waals surface area (Å²) in [7, 11) is -10.7. The molecule has 0 atom stereocenters. The van der Waals surface area contributed by atoms with E-state index in [0.717, 1.165) is 5.92 Å².